The summed E-state index contributed by atoms with van der Waals surface area (Å²) in [5, 5.41) is 10.00. The first-order valence-electron chi connectivity index (χ1n) is 6.39. The highest BCUT2D eigenvalue weighted by molar-refractivity contribution is 5.74. The molecule has 2 heteroatoms. The van der Waals surface area contributed by atoms with Gasteiger partial charge < -0.3 is 10.0 Å². The SMILES string of the molecule is CCN(CC)c1ccc(O)c(-c2ccccc2)c1. The number of phenols is 1. The fourth-order valence-corrected chi connectivity index (χ4v) is 2.16. The summed E-state index contributed by atoms with van der Waals surface area (Å²) in [7, 11) is 0. The van der Waals surface area contributed by atoms with Gasteiger partial charge in [0.15, 0.2) is 0 Å². The number of nitrogens with zero attached hydrogens (tertiary/aromatic N) is 1. The molecule has 0 heterocycles. The van der Waals surface area contributed by atoms with E-state index in [0.29, 0.717) is 5.75 Å². The van der Waals surface area contributed by atoms with Crippen LogP contribution in [0.5, 0.6) is 5.75 Å². The molecule has 2 aromatic rings. The van der Waals surface area contributed by atoms with Crippen molar-refractivity contribution < 1.29 is 5.11 Å². The lowest BCUT2D eigenvalue weighted by Gasteiger charge is -2.22. The zero-order valence-corrected chi connectivity index (χ0v) is 10.9. The van der Waals surface area contributed by atoms with Crippen molar-refractivity contribution in [3.8, 4) is 16.9 Å². The Labute approximate surface area is 109 Å². The van der Waals surface area contributed by atoms with Crippen molar-refractivity contribution in [2.24, 2.45) is 0 Å². The molecule has 0 aliphatic carbocycles. The summed E-state index contributed by atoms with van der Waals surface area (Å²) in [4.78, 5) is 2.27. The third-order valence-corrected chi connectivity index (χ3v) is 3.19. The molecule has 0 spiro atoms. The van der Waals surface area contributed by atoms with E-state index in [1.54, 1.807) is 6.07 Å². The van der Waals surface area contributed by atoms with Crippen LogP contribution in [0.2, 0.25) is 0 Å². The number of benzene rings is 2. The molecule has 0 aliphatic rings. The van der Waals surface area contributed by atoms with Gasteiger partial charge in [-0.25, -0.2) is 0 Å². The highest BCUT2D eigenvalue weighted by atomic mass is 16.3. The van der Waals surface area contributed by atoms with Gasteiger partial charge >= 0.3 is 0 Å². The van der Waals surface area contributed by atoms with Gasteiger partial charge in [0.25, 0.3) is 0 Å². The van der Waals surface area contributed by atoms with Crippen molar-refractivity contribution in [1.29, 1.82) is 0 Å². The Morgan fingerprint density at radius 1 is 0.944 bits per heavy atom. The van der Waals surface area contributed by atoms with E-state index >= 15 is 0 Å². The van der Waals surface area contributed by atoms with E-state index in [1.807, 2.05) is 36.4 Å². The second-order valence-corrected chi connectivity index (χ2v) is 4.24. The highest BCUT2D eigenvalue weighted by Gasteiger charge is 2.08. The van der Waals surface area contributed by atoms with E-state index in [-0.39, 0.29) is 0 Å². The summed E-state index contributed by atoms with van der Waals surface area (Å²) < 4.78 is 0. The van der Waals surface area contributed by atoms with Gasteiger partial charge in [-0.05, 0) is 37.6 Å². The third kappa shape index (κ3) is 2.48. The van der Waals surface area contributed by atoms with Gasteiger partial charge in [-0.1, -0.05) is 30.3 Å². The first-order chi connectivity index (χ1) is 8.76. The molecule has 0 aromatic heterocycles. The van der Waals surface area contributed by atoms with Gasteiger partial charge in [0.1, 0.15) is 5.75 Å². The van der Waals surface area contributed by atoms with Crippen molar-refractivity contribution in [1.82, 2.24) is 0 Å². The summed E-state index contributed by atoms with van der Waals surface area (Å²) in [5.74, 6) is 0.331. The van der Waals surface area contributed by atoms with Gasteiger partial charge in [-0.2, -0.15) is 0 Å². The average molecular weight is 241 g/mol. The van der Waals surface area contributed by atoms with Crippen LogP contribution in [-0.2, 0) is 0 Å². The lowest BCUT2D eigenvalue weighted by Crippen LogP contribution is -2.21. The maximum absolute atomic E-state index is 10.00. The minimum absolute atomic E-state index is 0.331. The minimum Gasteiger partial charge on any atom is -0.507 e. The van der Waals surface area contributed by atoms with Crippen molar-refractivity contribution in [3.05, 3.63) is 48.5 Å². The van der Waals surface area contributed by atoms with Gasteiger partial charge in [-0.3, -0.25) is 0 Å². The topological polar surface area (TPSA) is 23.5 Å². The molecule has 0 fully saturated rings. The molecule has 0 unspecified atom stereocenters. The van der Waals surface area contributed by atoms with Crippen LogP contribution in [0.25, 0.3) is 11.1 Å². The van der Waals surface area contributed by atoms with E-state index in [2.05, 4.69) is 24.8 Å². The number of aromatic hydroxyl groups is 1. The average Bonchev–Trinajstić information content (AvgIpc) is 2.43. The van der Waals surface area contributed by atoms with Crippen molar-refractivity contribution in [3.63, 3.8) is 0 Å². The standard InChI is InChI=1S/C16H19NO/c1-3-17(4-2)14-10-11-16(18)15(12-14)13-8-6-5-7-9-13/h5-12,18H,3-4H2,1-2H3. The van der Waals surface area contributed by atoms with Crippen LogP contribution in [0, 0.1) is 0 Å². The molecule has 0 amide bonds. The molecular formula is C16H19NO. The fourth-order valence-electron chi connectivity index (χ4n) is 2.16. The van der Waals surface area contributed by atoms with Crippen molar-refractivity contribution in [2.45, 2.75) is 13.8 Å². The lowest BCUT2D eigenvalue weighted by molar-refractivity contribution is 0.477. The van der Waals surface area contributed by atoms with E-state index < -0.39 is 0 Å². The van der Waals surface area contributed by atoms with E-state index in [4.69, 9.17) is 0 Å². The maximum atomic E-state index is 10.00. The molecule has 0 saturated heterocycles. The quantitative estimate of drug-likeness (QED) is 0.877. The molecule has 18 heavy (non-hydrogen) atoms. The van der Waals surface area contributed by atoms with Crippen molar-refractivity contribution >= 4 is 5.69 Å². The Morgan fingerprint density at radius 2 is 1.61 bits per heavy atom. The molecule has 2 aromatic carbocycles. The first kappa shape index (κ1) is 12.5. The van der Waals surface area contributed by atoms with Crippen LogP contribution in [-0.4, -0.2) is 18.2 Å². The monoisotopic (exact) mass is 241 g/mol. The number of phenolic OH excluding ortho intramolecular Hbond substituents is 1. The normalized spacial score (nSPS) is 10.3. The molecule has 0 saturated carbocycles. The molecule has 94 valence electrons. The zero-order chi connectivity index (χ0) is 13.0. The predicted molar refractivity (Wildman–Crippen MR) is 77.1 cm³/mol. The van der Waals surface area contributed by atoms with E-state index in [0.717, 1.165) is 29.9 Å². The fraction of sp³-hybridized carbons (Fsp3) is 0.250. The van der Waals surface area contributed by atoms with Gasteiger partial charge in [-0.15, -0.1) is 0 Å². The summed E-state index contributed by atoms with van der Waals surface area (Å²) in [6.45, 7) is 6.21. The van der Waals surface area contributed by atoms with Crippen LogP contribution in [0.15, 0.2) is 48.5 Å². The minimum atomic E-state index is 0.331. The van der Waals surface area contributed by atoms with Crippen LogP contribution in [0.1, 0.15) is 13.8 Å². The van der Waals surface area contributed by atoms with Gasteiger partial charge in [0.05, 0.1) is 0 Å². The first-order valence-corrected chi connectivity index (χ1v) is 6.39. The lowest BCUT2D eigenvalue weighted by atomic mass is 10.0. The van der Waals surface area contributed by atoms with Crippen LogP contribution in [0.4, 0.5) is 5.69 Å². The predicted octanol–water partition coefficient (Wildman–Crippen LogP) is 3.91. The van der Waals surface area contributed by atoms with Crippen LogP contribution >= 0.6 is 0 Å². The molecule has 1 N–H and O–H groups in total. The van der Waals surface area contributed by atoms with E-state index in [9.17, 15) is 5.11 Å². The molecule has 2 nitrogen and oxygen atoms in total. The Kier molecular flexibility index (Phi) is 3.88. The summed E-state index contributed by atoms with van der Waals surface area (Å²) in [6.07, 6.45) is 0. The smallest absolute Gasteiger partial charge is 0.123 e. The molecular weight excluding hydrogens is 222 g/mol. The molecule has 0 radical (unpaired) electrons. The Balaban J connectivity index is 2.45. The molecule has 2 rings (SSSR count). The molecule has 0 atom stereocenters. The van der Waals surface area contributed by atoms with Crippen LogP contribution < -0.4 is 4.90 Å². The second-order valence-electron chi connectivity index (χ2n) is 4.24. The zero-order valence-electron chi connectivity index (χ0n) is 10.9. The number of hydrogen-bond donors (Lipinski definition) is 1. The highest BCUT2D eigenvalue weighted by Crippen LogP contribution is 2.32. The summed E-state index contributed by atoms with van der Waals surface area (Å²) in [6, 6.07) is 15.8. The number of hydrogen-bond acceptors (Lipinski definition) is 2. The summed E-state index contributed by atoms with van der Waals surface area (Å²) >= 11 is 0. The third-order valence-electron chi connectivity index (χ3n) is 3.19. The maximum Gasteiger partial charge on any atom is 0.123 e. The largest absolute Gasteiger partial charge is 0.507 e. The number of anilines is 1. The Hall–Kier alpha value is -1.96. The second kappa shape index (κ2) is 5.58. The Morgan fingerprint density at radius 3 is 2.22 bits per heavy atom. The summed E-state index contributed by atoms with van der Waals surface area (Å²) in [5.41, 5.74) is 3.08. The number of rotatable bonds is 4. The Bertz CT molecular complexity index is 504. The molecule has 0 aliphatic heterocycles. The molecule has 0 bridgehead atoms. The van der Waals surface area contributed by atoms with Crippen LogP contribution in [0.3, 0.4) is 0 Å². The van der Waals surface area contributed by atoms with E-state index in [1.165, 1.54) is 0 Å². The van der Waals surface area contributed by atoms with Crippen molar-refractivity contribution in [2.75, 3.05) is 18.0 Å². The van der Waals surface area contributed by atoms with Gasteiger partial charge in [0, 0.05) is 24.3 Å². The van der Waals surface area contributed by atoms with Gasteiger partial charge in [0.2, 0.25) is 0 Å².